The van der Waals surface area contributed by atoms with Crippen molar-refractivity contribution in [1.29, 1.82) is 0 Å². The molecule has 0 saturated heterocycles. The minimum Gasteiger partial charge on any atom is -0.507 e. The fourth-order valence-corrected chi connectivity index (χ4v) is 5.03. The number of halogens is 2. The number of phenolic OH excluding ortho intramolecular Hbond substituents is 1. The normalized spacial score (nSPS) is 10.9. The number of benzene rings is 3. The van der Waals surface area contributed by atoms with Gasteiger partial charge in [0.05, 0.1) is 20.8 Å². The van der Waals surface area contributed by atoms with Crippen LogP contribution >= 0.6 is 46.3 Å². The van der Waals surface area contributed by atoms with Crippen molar-refractivity contribution in [3.05, 3.63) is 76.3 Å². The van der Waals surface area contributed by atoms with Crippen LogP contribution in [0.15, 0.2) is 69.9 Å². The monoisotopic (exact) mass is 446 g/mol. The first-order valence-electron chi connectivity index (χ1n) is 8.12. The largest absolute Gasteiger partial charge is 0.507 e. The fraction of sp³-hybridized carbons (Fsp3) is 0. The number of hydrogen-bond donors (Lipinski definition) is 2. The molecule has 140 valence electrons. The van der Waals surface area contributed by atoms with E-state index in [0.717, 1.165) is 19.5 Å². The minimum atomic E-state index is -0.470. The number of aromatic hydroxyl groups is 1. The lowest BCUT2D eigenvalue weighted by molar-refractivity contribution is 0.102. The van der Waals surface area contributed by atoms with Crippen LogP contribution in [0.3, 0.4) is 0 Å². The quantitative estimate of drug-likeness (QED) is 0.365. The molecular weight excluding hydrogens is 435 g/mol. The van der Waals surface area contributed by atoms with Crippen molar-refractivity contribution >= 4 is 68.1 Å². The highest BCUT2D eigenvalue weighted by Gasteiger charge is 2.14. The second-order valence-corrected chi connectivity index (χ2v) is 8.97. The molecule has 8 heteroatoms. The minimum absolute atomic E-state index is 0.0940. The number of rotatable bonds is 4. The summed E-state index contributed by atoms with van der Waals surface area (Å²) >= 11 is 15.4. The Bertz CT molecular complexity index is 1160. The molecule has 0 spiro atoms. The lowest BCUT2D eigenvalue weighted by Crippen LogP contribution is -2.12. The molecule has 0 atom stereocenters. The van der Waals surface area contributed by atoms with E-state index in [4.69, 9.17) is 23.2 Å². The van der Waals surface area contributed by atoms with Gasteiger partial charge in [-0.05, 0) is 48.5 Å². The highest BCUT2D eigenvalue weighted by Crippen LogP contribution is 2.38. The van der Waals surface area contributed by atoms with Gasteiger partial charge in [-0.25, -0.2) is 4.98 Å². The van der Waals surface area contributed by atoms with Crippen molar-refractivity contribution in [3.63, 3.8) is 0 Å². The predicted octanol–water partition coefficient (Wildman–Crippen LogP) is 6.71. The van der Waals surface area contributed by atoms with Crippen LogP contribution in [-0.4, -0.2) is 16.0 Å². The highest BCUT2D eigenvalue weighted by atomic mass is 35.5. The zero-order chi connectivity index (χ0) is 19.7. The van der Waals surface area contributed by atoms with Gasteiger partial charge in [-0.15, -0.1) is 11.3 Å². The number of anilines is 1. The summed E-state index contributed by atoms with van der Waals surface area (Å²) < 4.78 is 2.01. The maximum atomic E-state index is 12.4. The standard InChI is InChI=1S/C20H12Cl2N2O2S2/c21-11-5-7-16(25)13(9-11)19(26)23-12-6-8-17(14(22)10-12)27-20-24-15-3-1-2-4-18(15)28-20/h1-10,25H,(H,23,26). The summed E-state index contributed by atoms with van der Waals surface area (Å²) in [7, 11) is 0. The third kappa shape index (κ3) is 4.10. The third-order valence-electron chi connectivity index (χ3n) is 3.86. The molecule has 4 aromatic rings. The number of carbonyl (C=O) groups is 1. The van der Waals surface area contributed by atoms with E-state index in [1.807, 2.05) is 30.3 Å². The van der Waals surface area contributed by atoms with E-state index in [1.54, 1.807) is 23.5 Å². The Morgan fingerprint density at radius 1 is 1.07 bits per heavy atom. The molecule has 0 aliphatic heterocycles. The number of carbonyl (C=O) groups excluding carboxylic acids is 1. The van der Waals surface area contributed by atoms with Gasteiger partial charge in [-0.1, -0.05) is 47.1 Å². The Morgan fingerprint density at radius 2 is 1.89 bits per heavy atom. The number of aromatic nitrogens is 1. The van der Waals surface area contributed by atoms with Crippen molar-refractivity contribution in [3.8, 4) is 5.75 Å². The third-order valence-corrected chi connectivity index (χ3v) is 6.70. The molecule has 1 aromatic heterocycles. The van der Waals surface area contributed by atoms with Gasteiger partial charge in [0.1, 0.15) is 5.75 Å². The maximum Gasteiger partial charge on any atom is 0.259 e. The first-order valence-corrected chi connectivity index (χ1v) is 10.5. The van der Waals surface area contributed by atoms with Gasteiger partial charge >= 0.3 is 0 Å². The molecule has 1 heterocycles. The summed E-state index contributed by atoms with van der Waals surface area (Å²) in [6, 6.07) is 17.5. The smallest absolute Gasteiger partial charge is 0.259 e. The average Bonchev–Trinajstić information content (AvgIpc) is 3.08. The van der Waals surface area contributed by atoms with Crippen LogP contribution < -0.4 is 5.32 Å². The summed E-state index contributed by atoms with van der Waals surface area (Å²) in [5.74, 6) is -0.612. The van der Waals surface area contributed by atoms with Crippen LogP contribution in [0.5, 0.6) is 5.75 Å². The molecular formula is C20H12Cl2N2O2S2. The number of fused-ring (bicyclic) bond motifs is 1. The van der Waals surface area contributed by atoms with Crippen LogP contribution in [0.1, 0.15) is 10.4 Å². The van der Waals surface area contributed by atoms with E-state index >= 15 is 0 Å². The maximum absolute atomic E-state index is 12.4. The molecule has 0 fully saturated rings. The van der Waals surface area contributed by atoms with Gasteiger partial charge in [0.15, 0.2) is 4.34 Å². The van der Waals surface area contributed by atoms with Gasteiger partial charge < -0.3 is 10.4 Å². The summed E-state index contributed by atoms with van der Waals surface area (Å²) in [5.41, 5.74) is 1.57. The zero-order valence-electron chi connectivity index (χ0n) is 14.1. The molecule has 3 aromatic carbocycles. The van der Waals surface area contributed by atoms with Crippen LogP contribution in [0.2, 0.25) is 10.0 Å². The number of nitrogens with zero attached hydrogens (tertiary/aromatic N) is 1. The van der Waals surface area contributed by atoms with E-state index in [0.29, 0.717) is 15.7 Å². The molecule has 0 unspecified atom stereocenters. The van der Waals surface area contributed by atoms with Crippen molar-refractivity contribution in [2.24, 2.45) is 0 Å². The molecule has 0 aliphatic carbocycles. The van der Waals surface area contributed by atoms with Crippen molar-refractivity contribution in [1.82, 2.24) is 4.98 Å². The lowest BCUT2D eigenvalue weighted by atomic mass is 10.2. The zero-order valence-corrected chi connectivity index (χ0v) is 17.3. The second kappa shape index (κ2) is 8.01. The van der Waals surface area contributed by atoms with E-state index in [-0.39, 0.29) is 11.3 Å². The highest BCUT2D eigenvalue weighted by molar-refractivity contribution is 8.01. The molecule has 1 amide bonds. The SMILES string of the molecule is O=C(Nc1ccc(Sc2nc3ccccc3s2)c(Cl)c1)c1cc(Cl)ccc1O. The molecule has 0 bridgehead atoms. The molecule has 28 heavy (non-hydrogen) atoms. The van der Waals surface area contributed by atoms with Crippen LogP contribution in [0.25, 0.3) is 10.2 Å². The van der Waals surface area contributed by atoms with Gasteiger partial charge in [0, 0.05) is 15.6 Å². The number of hydrogen-bond acceptors (Lipinski definition) is 5. The number of phenols is 1. The second-order valence-electron chi connectivity index (χ2n) is 5.81. The topological polar surface area (TPSA) is 62.2 Å². The average molecular weight is 447 g/mol. The Kier molecular flexibility index (Phi) is 5.46. The molecule has 0 saturated carbocycles. The number of nitrogens with one attached hydrogen (secondary N) is 1. The molecule has 4 rings (SSSR count). The Hall–Kier alpha value is -2.25. The van der Waals surface area contributed by atoms with Crippen LogP contribution in [0, 0.1) is 0 Å². The summed E-state index contributed by atoms with van der Waals surface area (Å²) in [4.78, 5) is 17.8. The van der Waals surface area contributed by atoms with E-state index in [1.165, 1.54) is 30.0 Å². The van der Waals surface area contributed by atoms with E-state index < -0.39 is 5.91 Å². The van der Waals surface area contributed by atoms with Gasteiger partial charge in [0.2, 0.25) is 0 Å². The van der Waals surface area contributed by atoms with E-state index in [2.05, 4.69) is 10.3 Å². The van der Waals surface area contributed by atoms with Crippen molar-refractivity contribution < 1.29 is 9.90 Å². The summed E-state index contributed by atoms with van der Waals surface area (Å²) in [6.07, 6.45) is 0. The first-order chi connectivity index (χ1) is 13.5. The number of para-hydroxylation sites is 1. The Morgan fingerprint density at radius 3 is 2.68 bits per heavy atom. The predicted molar refractivity (Wildman–Crippen MR) is 116 cm³/mol. The number of amides is 1. The van der Waals surface area contributed by atoms with Crippen molar-refractivity contribution in [2.75, 3.05) is 5.32 Å². The Balaban J connectivity index is 1.52. The lowest BCUT2D eigenvalue weighted by Gasteiger charge is -2.09. The van der Waals surface area contributed by atoms with Crippen LogP contribution in [-0.2, 0) is 0 Å². The van der Waals surface area contributed by atoms with Gasteiger partial charge in [0.25, 0.3) is 5.91 Å². The van der Waals surface area contributed by atoms with Gasteiger partial charge in [-0.3, -0.25) is 4.79 Å². The number of thiazole rings is 1. The van der Waals surface area contributed by atoms with Crippen molar-refractivity contribution in [2.45, 2.75) is 9.24 Å². The first kappa shape index (κ1) is 19.1. The van der Waals surface area contributed by atoms with E-state index in [9.17, 15) is 9.90 Å². The summed E-state index contributed by atoms with van der Waals surface area (Å²) in [6.45, 7) is 0. The Labute approximate surface area is 179 Å². The van der Waals surface area contributed by atoms with Gasteiger partial charge in [-0.2, -0.15) is 0 Å². The van der Waals surface area contributed by atoms with Crippen LogP contribution in [0.4, 0.5) is 5.69 Å². The molecule has 0 radical (unpaired) electrons. The fourth-order valence-electron chi connectivity index (χ4n) is 2.54. The molecule has 0 aliphatic rings. The summed E-state index contributed by atoms with van der Waals surface area (Å²) in [5, 5.41) is 13.4. The molecule has 4 nitrogen and oxygen atoms in total. The molecule has 2 N–H and O–H groups in total.